The Bertz CT molecular complexity index is 934. The van der Waals surface area contributed by atoms with E-state index in [0.29, 0.717) is 6.54 Å². The van der Waals surface area contributed by atoms with Crippen molar-refractivity contribution in [2.75, 3.05) is 32.1 Å². The van der Waals surface area contributed by atoms with E-state index in [4.69, 9.17) is 0 Å². The maximum absolute atomic E-state index is 14.0. The van der Waals surface area contributed by atoms with Gasteiger partial charge >= 0.3 is 6.18 Å². The maximum Gasteiger partial charge on any atom is 0.404 e. The van der Waals surface area contributed by atoms with Crippen molar-refractivity contribution < 1.29 is 22.8 Å². The van der Waals surface area contributed by atoms with Crippen LogP contribution >= 0.6 is 0 Å². The predicted molar refractivity (Wildman–Crippen MR) is 111 cm³/mol. The van der Waals surface area contributed by atoms with Crippen LogP contribution in [-0.2, 0) is 11.3 Å². The summed E-state index contributed by atoms with van der Waals surface area (Å²) in [6.45, 7) is -0.0283. The lowest BCUT2D eigenvalue weighted by Crippen LogP contribution is -2.56. The van der Waals surface area contributed by atoms with Crippen LogP contribution in [0, 0.1) is 5.41 Å². The van der Waals surface area contributed by atoms with Gasteiger partial charge in [-0.3, -0.25) is 25.3 Å². The van der Waals surface area contributed by atoms with Crippen LogP contribution in [0.25, 0.3) is 0 Å². The number of rotatable bonds is 5. The van der Waals surface area contributed by atoms with Crippen LogP contribution in [-0.4, -0.2) is 50.1 Å². The fourth-order valence-corrected chi connectivity index (χ4v) is 3.64. The number of anilines is 1. The molecule has 9 heteroatoms. The molecule has 31 heavy (non-hydrogen) atoms. The van der Waals surface area contributed by atoms with Crippen molar-refractivity contribution in [1.29, 1.82) is 0 Å². The van der Waals surface area contributed by atoms with Gasteiger partial charge in [-0.1, -0.05) is 36.4 Å². The summed E-state index contributed by atoms with van der Waals surface area (Å²) < 4.78 is 41.9. The van der Waals surface area contributed by atoms with Crippen molar-refractivity contribution in [1.82, 2.24) is 15.8 Å². The molecule has 1 fully saturated rings. The summed E-state index contributed by atoms with van der Waals surface area (Å²) in [6.07, 6.45) is -5.13. The first-order chi connectivity index (χ1) is 14.6. The molecule has 0 aliphatic carbocycles. The molecule has 2 N–H and O–H groups in total. The molecular formula is C22H25F3N4O2. The Morgan fingerprint density at radius 2 is 1.77 bits per heavy atom. The van der Waals surface area contributed by atoms with Crippen LogP contribution in [0.5, 0.6) is 0 Å². The summed E-state index contributed by atoms with van der Waals surface area (Å²) in [5.74, 6) is -1.94. The molecular weight excluding hydrogens is 409 g/mol. The minimum absolute atomic E-state index is 0.126. The van der Waals surface area contributed by atoms with Crippen LogP contribution in [0.2, 0.25) is 0 Å². The summed E-state index contributed by atoms with van der Waals surface area (Å²) in [5, 5.41) is 0. The number of nitrogens with one attached hydrogen (secondary N) is 2. The molecule has 1 unspecified atom stereocenters. The standard InChI is InChI=1S/C22H25F3N4O2/c1-28(2)18-10-6-9-17(13-18)19(30)26-27-20(31)21(22(23,24)25)11-12-29(15-21)14-16-7-4-3-5-8-16/h3-10,13H,11-12,14-15H2,1-2H3,(H,26,30)(H,27,31). The molecule has 1 atom stereocenters. The van der Waals surface area contributed by atoms with Gasteiger partial charge in [-0.2, -0.15) is 13.2 Å². The lowest BCUT2D eigenvalue weighted by atomic mass is 9.85. The number of benzene rings is 2. The molecule has 6 nitrogen and oxygen atoms in total. The van der Waals surface area contributed by atoms with E-state index in [-0.39, 0.29) is 18.5 Å². The zero-order valence-electron chi connectivity index (χ0n) is 17.4. The minimum Gasteiger partial charge on any atom is -0.378 e. The number of carbonyl (C=O) groups is 2. The highest BCUT2D eigenvalue weighted by atomic mass is 19.4. The van der Waals surface area contributed by atoms with Gasteiger partial charge in [-0.25, -0.2) is 0 Å². The second kappa shape index (κ2) is 8.97. The molecule has 2 aromatic carbocycles. The van der Waals surface area contributed by atoms with Gasteiger partial charge in [-0.15, -0.1) is 0 Å². The Morgan fingerprint density at radius 1 is 1.06 bits per heavy atom. The first kappa shape index (κ1) is 22.6. The molecule has 3 rings (SSSR count). The largest absolute Gasteiger partial charge is 0.404 e. The monoisotopic (exact) mass is 434 g/mol. The van der Waals surface area contributed by atoms with E-state index in [2.05, 4.69) is 5.43 Å². The number of likely N-dealkylation sites (tertiary alicyclic amines) is 1. The maximum atomic E-state index is 14.0. The lowest BCUT2D eigenvalue weighted by Gasteiger charge is -2.30. The highest BCUT2D eigenvalue weighted by Crippen LogP contribution is 2.46. The molecule has 1 aliphatic heterocycles. The Kier molecular flexibility index (Phi) is 6.54. The molecule has 0 radical (unpaired) electrons. The Balaban J connectivity index is 1.68. The van der Waals surface area contributed by atoms with Gasteiger partial charge in [0.05, 0.1) is 0 Å². The van der Waals surface area contributed by atoms with E-state index in [1.54, 1.807) is 42.1 Å². The van der Waals surface area contributed by atoms with Crippen LogP contribution in [0.3, 0.4) is 0 Å². The van der Waals surface area contributed by atoms with Gasteiger partial charge in [0.2, 0.25) is 0 Å². The molecule has 0 spiro atoms. The third-order valence-corrected chi connectivity index (χ3v) is 5.49. The number of halogens is 3. The first-order valence-corrected chi connectivity index (χ1v) is 9.83. The molecule has 0 aromatic heterocycles. The Morgan fingerprint density at radius 3 is 2.42 bits per heavy atom. The fourth-order valence-electron chi connectivity index (χ4n) is 3.64. The molecule has 0 saturated carbocycles. The van der Waals surface area contributed by atoms with Crippen molar-refractivity contribution in [2.45, 2.75) is 19.1 Å². The molecule has 1 heterocycles. The summed E-state index contributed by atoms with van der Waals surface area (Å²) in [4.78, 5) is 28.4. The van der Waals surface area contributed by atoms with Crippen molar-refractivity contribution in [3.05, 3.63) is 65.7 Å². The van der Waals surface area contributed by atoms with E-state index >= 15 is 0 Å². The lowest BCUT2D eigenvalue weighted by molar-refractivity contribution is -0.218. The zero-order chi connectivity index (χ0) is 22.6. The quantitative estimate of drug-likeness (QED) is 0.711. The van der Waals surface area contributed by atoms with Gasteiger partial charge in [0.15, 0.2) is 5.41 Å². The molecule has 2 aromatic rings. The van der Waals surface area contributed by atoms with Crippen LogP contribution < -0.4 is 15.8 Å². The molecule has 0 bridgehead atoms. The first-order valence-electron chi connectivity index (χ1n) is 9.83. The molecule has 2 amide bonds. The van der Waals surface area contributed by atoms with Crippen molar-refractivity contribution in [3.8, 4) is 0 Å². The highest BCUT2D eigenvalue weighted by Gasteiger charge is 2.63. The average molecular weight is 434 g/mol. The van der Waals surface area contributed by atoms with Gasteiger partial charge < -0.3 is 4.90 Å². The Labute approximate surface area is 179 Å². The topological polar surface area (TPSA) is 64.7 Å². The minimum atomic E-state index is -4.75. The summed E-state index contributed by atoms with van der Waals surface area (Å²) in [5.41, 5.74) is 3.39. The van der Waals surface area contributed by atoms with Gasteiger partial charge in [0.25, 0.3) is 11.8 Å². The second-order valence-corrected chi connectivity index (χ2v) is 7.88. The van der Waals surface area contributed by atoms with E-state index in [1.807, 2.05) is 35.8 Å². The van der Waals surface area contributed by atoms with Crippen molar-refractivity contribution in [2.24, 2.45) is 5.41 Å². The molecule has 1 aliphatic rings. The number of hydrogen-bond donors (Lipinski definition) is 2. The fraction of sp³-hybridized carbons (Fsp3) is 0.364. The van der Waals surface area contributed by atoms with Gasteiger partial charge in [0.1, 0.15) is 0 Å². The van der Waals surface area contributed by atoms with E-state index in [0.717, 1.165) is 11.3 Å². The van der Waals surface area contributed by atoms with Crippen LogP contribution in [0.1, 0.15) is 22.3 Å². The highest BCUT2D eigenvalue weighted by molar-refractivity contribution is 5.97. The SMILES string of the molecule is CN(C)c1cccc(C(=O)NNC(=O)C2(C(F)(F)F)CCN(Cc3ccccc3)C2)c1. The smallest absolute Gasteiger partial charge is 0.378 e. The number of carbonyl (C=O) groups excluding carboxylic acids is 2. The number of amides is 2. The van der Waals surface area contributed by atoms with Crippen molar-refractivity contribution >= 4 is 17.5 Å². The third-order valence-electron chi connectivity index (χ3n) is 5.49. The predicted octanol–water partition coefficient (Wildman–Crippen LogP) is 2.97. The number of nitrogens with zero attached hydrogens (tertiary/aromatic N) is 2. The van der Waals surface area contributed by atoms with Crippen LogP contribution in [0.15, 0.2) is 54.6 Å². The Hall–Kier alpha value is -3.07. The zero-order valence-corrected chi connectivity index (χ0v) is 17.4. The summed E-state index contributed by atoms with van der Waals surface area (Å²) in [6, 6.07) is 15.7. The van der Waals surface area contributed by atoms with Crippen molar-refractivity contribution in [3.63, 3.8) is 0 Å². The second-order valence-electron chi connectivity index (χ2n) is 7.88. The number of alkyl halides is 3. The van der Waals surface area contributed by atoms with E-state index < -0.39 is 30.0 Å². The average Bonchev–Trinajstić information content (AvgIpc) is 3.18. The molecule has 166 valence electrons. The van der Waals surface area contributed by atoms with Crippen LogP contribution in [0.4, 0.5) is 18.9 Å². The summed E-state index contributed by atoms with van der Waals surface area (Å²) in [7, 11) is 3.60. The van der Waals surface area contributed by atoms with Gasteiger partial charge in [0, 0.05) is 38.4 Å². The third kappa shape index (κ3) is 4.99. The van der Waals surface area contributed by atoms with Gasteiger partial charge in [-0.05, 0) is 36.7 Å². The normalized spacial score (nSPS) is 19.1. The number of hydrazine groups is 1. The summed E-state index contributed by atoms with van der Waals surface area (Å²) >= 11 is 0. The van der Waals surface area contributed by atoms with E-state index in [9.17, 15) is 22.8 Å². The van der Waals surface area contributed by atoms with E-state index in [1.165, 1.54) is 6.07 Å². The number of hydrogen-bond acceptors (Lipinski definition) is 4. The molecule has 1 saturated heterocycles.